The van der Waals surface area contributed by atoms with Gasteiger partial charge in [-0.25, -0.2) is 0 Å². The number of benzene rings is 1. The summed E-state index contributed by atoms with van der Waals surface area (Å²) in [5.41, 5.74) is 0.275. The summed E-state index contributed by atoms with van der Waals surface area (Å²) in [5.74, 6) is -0.339. The van der Waals surface area contributed by atoms with Crippen LogP contribution in [0.5, 0.6) is 5.75 Å². The van der Waals surface area contributed by atoms with Crippen LogP contribution in [0.15, 0.2) is 23.4 Å². The van der Waals surface area contributed by atoms with Gasteiger partial charge in [0.25, 0.3) is 0 Å². The Morgan fingerprint density at radius 1 is 1.44 bits per heavy atom. The Kier molecular flexibility index (Phi) is 3.83. The normalized spacial score (nSPS) is 11.2. The SMILES string of the molecule is CNCc1cc(N=O)ccc1OC(F)(F)F. The molecular weight excluding hydrogens is 225 g/mol. The minimum Gasteiger partial charge on any atom is -0.405 e. The quantitative estimate of drug-likeness (QED) is 0.815. The van der Waals surface area contributed by atoms with Crippen molar-refractivity contribution in [2.75, 3.05) is 7.05 Å². The lowest BCUT2D eigenvalue weighted by molar-refractivity contribution is -0.274. The highest BCUT2D eigenvalue weighted by molar-refractivity contribution is 5.47. The van der Waals surface area contributed by atoms with Crippen molar-refractivity contribution < 1.29 is 17.9 Å². The van der Waals surface area contributed by atoms with Crippen molar-refractivity contribution in [2.45, 2.75) is 12.9 Å². The first-order chi connectivity index (χ1) is 7.46. The van der Waals surface area contributed by atoms with Crippen molar-refractivity contribution in [3.8, 4) is 5.75 Å². The number of ether oxygens (including phenoxy) is 1. The molecular formula is C9H9F3N2O2. The van der Waals surface area contributed by atoms with Crippen LogP contribution < -0.4 is 10.1 Å². The van der Waals surface area contributed by atoms with Crippen molar-refractivity contribution in [1.82, 2.24) is 5.32 Å². The Morgan fingerprint density at radius 3 is 2.62 bits per heavy atom. The van der Waals surface area contributed by atoms with Crippen molar-refractivity contribution in [3.05, 3.63) is 28.7 Å². The molecule has 88 valence electrons. The molecule has 1 N–H and O–H groups in total. The van der Waals surface area contributed by atoms with Gasteiger partial charge in [0.15, 0.2) is 0 Å². The minimum absolute atomic E-state index is 0.0553. The highest BCUT2D eigenvalue weighted by Crippen LogP contribution is 2.29. The molecule has 0 spiro atoms. The fraction of sp³-hybridized carbons (Fsp3) is 0.333. The number of nitroso groups, excluding NO2 is 1. The molecule has 0 saturated carbocycles. The second kappa shape index (κ2) is 4.93. The number of hydrogen-bond acceptors (Lipinski definition) is 4. The van der Waals surface area contributed by atoms with E-state index in [-0.39, 0.29) is 23.5 Å². The first kappa shape index (κ1) is 12.4. The van der Waals surface area contributed by atoms with Crippen LogP contribution in [-0.2, 0) is 6.54 Å². The summed E-state index contributed by atoms with van der Waals surface area (Å²) in [7, 11) is 1.57. The average Bonchev–Trinajstić information content (AvgIpc) is 2.19. The average molecular weight is 234 g/mol. The van der Waals surface area contributed by atoms with Crippen LogP contribution in [0.2, 0.25) is 0 Å². The second-order valence-electron chi connectivity index (χ2n) is 2.96. The lowest BCUT2D eigenvalue weighted by Gasteiger charge is -2.13. The highest BCUT2D eigenvalue weighted by atomic mass is 19.4. The summed E-state index contributed by atoms with van der Waals surface area (Å²) in [5, 5.41) is 5.31. The Morgan fingerprint density at radius 2 is 2.12 bits per heavy atom. The molecule has 0 aliphatic rings. The predicted octanol–water partition coefficient (Wildman–Crippen LogP) is 2.70. The number of hydrogen-bond donors (Lipinski definition) is 1. The fourth-order valence-electron chi connectivity index (χ4n) is 1.18. The van der Waals surface area contributed by atoms with Crippen LogP contribution >= 0.6 is 0 Å². The van der Waals surface area contributed by atoms with Gasteiger partial charge in [-0.1, -0.05) is 0 Å². The van der Waals surface area contributed by atoms with Crippen LogP contribution in [0, 0.1) is 4.91 Å². The lowest BCUT2D eigenvalue weighted by atomic mass is 10.2. The van der Waals surface area contributed by atoms with Crippen molar-refractivity contribution in [2.24, 2.45) is 5.18 Å². The van der Waals surface area contributed by atoms with Crippen LogP contribution in [-0.4, -0.2) is 13.4 Å². The van der Waals surface area contributed by atoms with Gasteiger partial charge in [-0.15, -0.1) is 18.1 Å². The van der Waals surface area contributed by atoms with E-state index in [1.54, 1.807) is 7.05 Å². The molecule has 7 heteroatoms. The first-order valence-electron chi connectivity index (χ1n) is 4.33. The Bertz CT molecular complexity index is 380. The fourth-order valence-corrected chi connectivity index (χ4v) is 1.18. The monoisotopic (exact) mass is 234 g/mol. The molecule has 16 heavy (non-hydrogen) atoms. The van der Waals surface area contributed by atoms with Crippen molar-refractivity contribution >= 4 is 5.69 Å². The summed E-state index contributed by atoms with van der Waals surface area (Å²) < 4.78 is 39.8. The summed E-state index contributed by atoms with van der Waals surface area (Å²) >= 11 is 0. The van der Waals surface area contributed by atoms with Gasteiger partial charge in [-0.3, -0.25) is 0 Å². The summed E-state index contributed by atoms with van der Waals surface area (Å²) in [6, 6.07) is 3.47. The van der Waals surface area contributed by atoms with Crippen molar-refractivity contribution in [1.29, 1.82) is 0 Å². The number of rotatable bonds is 4. The third-order valence-corrected chi connectivity index (χ3v) is 1.74. The Hall–Kier alpha value is -1.63. The molecule has 0 aromatic heterocycles. The molecule has 1 rings (SSSR count). The van der Waals surface area contributed by atoms with E-state index in [0.29, 0.717) is 0 Å². The molecule has 4 nitrogen and oxygen atoms in total. The van der Waals surface area contributed by atoms with E-state index >= 15 is 0 Å². The summed E-state index contributed by atoms with van der Waals surface area (Å²) in [6.07, 6.45) is -4.75. The molecule has 0 atom stereocenters. The van der Waals surface area contributed by atoms with Gasteiger partial charge < -0.3 is 10.1 Å². The standard InChI is InChI=1S/C9H9F3N2O2/c1-13-5-6-4-7(14-15)2-3-8(6)16-9(10,11)12/h2-4,13H,5H2,1H3. The van der Waals surface area contributed by atoms with Crippen LogP contribution in [0.1, 0.15) is 5.56 Å². The number of nitrogens with zero attached hydrogens (tertiary/aromatic N) is 1. The van der Waals surface area contributed by atoms with Crippen LogP contribution in [0.4, 0.5) is 18.9 Å². The predicted molar refractivity (Wildman–Crippen MR) is 51.3 cm³/mol. The molecule has 0 saturated heterocycles. The molecule has 0 fully saturated rings. The molecule has 1 aromatic carbocycles. The van der Waals surface area contributed by atoms with E-state index in [4.69, 9.17) is 0 Å². The maximum absolute atomic E-state index is 12.0. The van der Waals surface area contributed by atoms with E-state index in [0.717, 1.165) is 12.1 Å². The van der Waals surface area contributed by atoms with E-state index in [9.17, 15) is 18.1 Å². The molecule has 0 bridgehead atoms. The van der Waals surface area contributed by atoms with E-state index in [1.807, 2.05) is 0 Å². The molecule has 0 radical (unpaired) electrons. The maximum Gasteiger partial charge on any atom is 0.573 e. The zero-order chi connectivity index (χ0) is 12.2. The van der Waals surface area contributed by atoms with Gasteiger partial charge in [0.1, 0.15) is 11.4 Å². The second-order valence-corrected chi connectivity index (χ2v) is 2.96. The van der Waals surface area contributed by atoms with Gasteiger partial charge >= 0.3 is 6.36 Å². The third-order valence-electron chi connectivity index (χ3n) is 1.74. The summed E-state index contributed by atoms with van der Waals surface area (Å²) in [6.45, 7) is 0.148. The van der Waals surface area contributed by atoms with Gasteiger partial charge in [-0.2, -0.15) is 0 Å². The van der Waals surface area contributed by atoms with Gasteiger partial charge in [0, 0.05) is 12.1 Å². The van der Waals surface area contributed by atoms with E-state index in [1.165, 1.54) is 6.07 Å². The molecule has 0 heterocycles. The van der Waals surface area contributed by atoms with E-state index < -0.39 is 6.36 Å². The number of nitrogens with one attached hydrogen (secondary N) is 1. The number of alkyl halides is 3. The molecule has 0 aliphatic heterocycles. The summed E-state index contributed by atoms with van der Waals surface area (Å²) in [4.78, 5) is 10.2. The molecule has 0 aliphatic carbocycles. The van der Waals surface area contributed by atoms with Gasteiger partial charge in [-0.05, 0) is 30.4 Å². The molecule has 1 aromatic rings. The van der Waals surface area contributed by atoms with Crippen molar-refractivity contribution in [3.63, 3.8) is 0 Å². The maximum atomic E-state index is 12.0. The van der Waals surface area contributed by atoms with Gasteiger partial charge in [0.05, 0.1) is 0 Å². The minimum atomic E-state index is -4.75. The highest BCUT2D eigenvalue weighted by Gasteiger charge is 2.32. The zero-order valence-electron chi connectivity index (χ0n) is 8.34. The zero-order valence-corrected chi connectivity index (χ0v) is 8.34. The number of halogens is 3. The smallest absolute Gasteiger partial charge is 0.405 e. The molecule has 0 unspecified atom stereocenters. The lowest BCUT2D eigenvalue weighted by Crippen LogP contribution is -2.19. The molecule has 0 amide bonds. The van der Waals surface area contributed by atoms with E-state index in [2.05, 4.69) is 15.2 Å². The first-order valence-corrected chi connectivity index (χ1v) is 4.33. The third kappa shape index (κ3) is 3.50. The Balaban J connectivity index is 3.02. The van der Waals surface area contributed by atoms with Crippen LogP contribution in [0.3, 0.4) is 0 Å². The van der Waals surface area contributed by atoms with Gasteiger partial charge in [0.2, 0.25) is 0 Å². The largest absolute Gasteiger partial charge is 0.573 e. The Labute approximate surface area is 89.4 Å². The topological polar surface area (TPSA) is 50.7 Å². The van der Waals surface area contributed by atoms with Crippen LogP contribution in [0.25, 0.3) is 0 Å².